The third-order valence-electron chi connectivity index (χ3n) is 4.27. The third-order valence-corrected chi connectivity index (χ3v) is 4.27. The monoisotopic (exact) mass is 310 g/mol. The number of aliphatic hydroxyl groups excluding tert-OH is 1. The molecule has 3 N–H and O–H groups in total. The molecule has 0 radical (unpaired) electrons. The van der Waals surface area contributed by atoms with Gasteiger partial charge in [0.25, 0.3) is 0 Å². The molecule has 1 aliphatic rings. The lowest BCUT2D eigenvalue weighted by Gasteiger charge is -2.31. The number of nitrogens with zero attached hydrogens (tertiary/aromatic N) is 5. The Labute approximate surface area is 133 Å². The largest absolute Gasteiger partial charge is 0.393 e. The van der Waals surface area contributed by atoms with E-state index in [0.29, 0.717) is 5.82 Å². The van der Waals surface area contributed by atoms with E-state index in [0.717, 1.165) is 48.7 Å². The van der Waals surface area contributed by atoms with Crippen LogP contribution in [0.1, 0.15) is 12.8 Å². The lowest BCUT2D eigenvalue weighted by Crippen LogP contribution is -2.36. The predicted molar refractivity (Wildman–Crippen MR) is 88.1 cm³/mol. The van der Waals surface area contributed by atoms with Crippen molar-refractivity contribution >= 4 is 17.3 Å². The van der Waals surface area contributed by atoms with Gasteiger partial charge >= 0.3 is 0 Å². The van der Waals surface area contributed by atoms with Crippen LogP contribution < -0.4 is 10.6 Å². The van der Waals surface area contributed by atoms with Crippen molar-refractivity contribution in [3.8, 4) is 11.3 Å². The normalized spacial score (nSPS) is 16.1. The zero-order valence-electron chi connectivity index (χ0n) is 12.6. The van der Waals surface area contributed by atoms with E-state index in [-0.39, 0.29) is 6.10 Å². The molecule has 4 rings (SSSR count). The van der Waals surface area contributed by atoms with Crippen LogP contribution >= 0.6 is 0 Å². The molecule has 7 heteroatoms. The van der Waals surface area contributed by atoms with E-state index in [1.165, 1.54) is 0 Å². The molecule has 0 bridgehead atoms. The van der Waals surface area contributed by atoms with Crippen LogP contribution in [0, 0.1) is 0 Å². The summed E-state index contributed by atoms with van der Waals surface area (Å²) < 4.78 is 2.08. The molecule has 1 saturated heterocycles. The van der Waals surface area contributed by atoms with Crippen molar-refractivity contribution in [3.63, 3.8) is 0 Å². The molecule has 0 amide bonds. The maximum atomic E-state index is 9.72. The number of anilines is 2. The molecular weight excluding hydrogens is 292 g/mol. The maximum Gasteiger partial charge on any atom is 0.157 e. The standard InChI is InChI=1S/C16H18N6O/c17-14-2-1-11(7-19-14)13-8-20-15-9-18-10-16(22(13)15)21-5-3-12(23)4-6-21/h1-2,7-10,12,23H,3-6H2,(H2,17,19). The number of rotatable bonds is 2. The zero-order valence-corrected chi connectivity index (χ0v) is 12.6. The van der Waals surface area contributed by atoms with Crippen molar-refractivity contribution in [2.24, 2.45) is 0 Å². The van der Waals surface area contributed by atoms with Crippen molar-refractivity contribution in [1.29, 1.82) is 0 Å². The molecule has 7 nitrogen and oxygen atoms in total. The second-order valence-electron chi connectivity index (χ2n) is 5.79. The first-order valence-corrected chi connectivity index (χ1v) is 7.69. The summed E-state index contributed by atoms with van der Waals surface area (Å²) in [6.45, 7) is 1.61. The van der Waals surface area contributed by atoms with Gasteiger partial charge in [0.2, 0.25) is 0 Å². The van der Waals surface area contributed by atoms with Crippen LogP contribution in [0.5, 0.6) is 0 Å². The van der Waals surface area contributed by atoms with Crippen molar-refractivity contribution in [3.05, 3.63) is 36.9 Å². The Balaban J connectivity index is 1.82. The van der Waals surface area contributed by atoms with Crippen molar-refractivity contribution in [2.75, 3.05) is 23.7 Å². The minimum atomic E-state index is -0.207. The lowest BCUT2D eigenvalue weighted by molar-refractivity contribution is 0.145. The first-order chi connectivity index (χ1) is 11.2. The zero-order chi connectivity index (χ0) is 15.8. The van der Waals surface area contributed by atoms with Crippen LogP contribution in [0.15, 0.2) is 36.9 Å². The Morgan fingerprint density at radius 2 is 1.87 bits per heavy atom. The van der Waals surface area contributed by atoms with Crippen LogP contribution in [-0.2, 0) is 0 Å². The Morgan fingerprint density at radius 1 is 1.04 bits per heavy atom. The molecule has 0 aliphatic carbocycles. The summed E-state index contributed by atoms with van der Waals surface area (Å²) in [6, 6.07) is 3.72. The summed E-state index contributed by atoms with van der Waals surface area (Å²) in [5.74, 6) is 1.48. The second kappa shape index (κ2) is 5.51. The van der Waals surface area contributed by atoms with Crippen LogP contribution in [0.25, 0.3) is 16.9 Å². The van der Waals surface area contributed by atoms with Crippen molar-refractivity contribution < 1.29 is 5.11 Å². The molecule has 0 spiro atoms. The number of pyridine rings is 1. The molecule has 3 aromatic rings. The molecule has 0 unspecified atom stereocenters. The van der Waals surface area contributed by atoms with Crippen molar-refractivity contribution in [1.82, 2.24) is 19.4 Å². The highest BCUT2D eigenvalue weighted by Crippen LogP contribution is 2.27. The smallest absolute Gasteiger partial charge is 0.157 e. The minimum Gasteiger partial charge on any atom is -0.393 e. The number of hydrogen-bond acceptors (Lipinski definition) is 6. The number of nitrogen functional groups attached to an aromatic ring is 1. The third kappa shape index (κ3) is 2.49. The van der Waals surface area contributed by atoms with Crippen LogP contribution in [0.2, 0.25) is 0 Å². The SMILES string of the molecule is Nc1ccc(-c2cnc3cncc(N4CCC(O)CC4)n23)cn1. The fourth-order valence-electron chi connectivity index (χ4n) is 3.00. The molecule has 1 fully saturated rings. The van der Waals surface area contributed by atoms with Gasteiger partial charge in [-0.15, -0.1) is 0 Å². The summed E-state index contributed by atoms with van der Waals surface area (Å²) in [5, 5.41) is 9.72. The number of fused-ring (bicyclic) bond motifs is 1. The highest BCUT2D eigenvalue weighted by Gasteiger charge is 2.21. The van der Waals surface area contributed by atoms with Crippen LogP contribution in [0.4, 0.5) is 11.6 Å². The van der Waals surface area contributed by atoms with E-state index in [1.54, 1.807) is 18.5 Å². The summed E-state index contributed by atoms with van der Waals surface area (Å²) in [7, 11) is 0. The fourth-order valence-corrected chi connectivity index (χ4v) is 3.00. The molecular formula is C16H18N6O. The summed E-state index contributed by atoms with van der Waals surface area (Å²) >= 11 is 0. The molecule has 0 atom stereocenters. The molecule has 23 heavy (non-hydrogen) atoms. The molecule has 3 aromatic heterocycles. The minimum absolute atomic E-state index is 0.207. The van der Waals surface area contributed by atoms with E-state index in [2.05, 4.69) is 24.3 Å². The van der Waals surface area contributed by atoms with Gasteiger partial charge in [0.1, 0.15) is 11.6 Å². The molecule has 1 aliphatic heterocycles. The topological polar surface area (TPSA) is 92.6 Å². The summed E-state index contributed by atoms with van der Waals surface area (Å²) in [4.78, 5) is 15.2. The molecule has 118 valence electrons. The number of nitrogens with two attached hydrogens (primary N) is 1. The van der Waals surface area contributed by atoms with Crippen LogP contribution in [0.3, 0.4) is 0 Å². The predicted octanol–water partition coefficient (Wildman–Crippen LogP) is 1.33. The van der Waals surface area contributed by atoms with Gasteiger partial charge in [-0.2, -0.15) is 0 Å². The summed E-state index contributed by atoms with van der Waals surface area (Å²) in [6.07, 6.45) is 8.50. The average molecular weight is 310 g/mol. The van der Waals surface area contributed by atoms with Gasteiger partial charge in [0.15, 0.2) is 5.65 Å². The Hall–Kier alpha value is -2.67. The molecule has 0 saturated carbocycles. The Morgan fingerprint density at radius 3 is 2.61 bits per heavy atom. The van der Waals surface area contributed by atoms with Crippen LogP contribution in [-0.4, -0.2) is 43.7 Å². The van der Waals surface area contributed by atoms with Gasteiger partial charge in [-0.25, -0.2) is 9.97 Å². The van der Waals surface area contributed by atoms with Gasteiger partial charge in [0.05, 0.1) is 30.4 Å². The highest BCUT2D eigenvalue weighted by atomic mass is 16.3. The Kier molecular flexibility index (Phi) is 3.34. The number of hydrogen-bond donors (Lipinski definition) is 2. The van der Waals surface area contributed by atoms with Gasteiger partial charge in [-0.05, 0) is 25.0 Å². The van der Waals surface area contributed by atoms with E-state index in [4.69, 9.17) is 5.73 Å². The number of piperidine rings is 1. The quantitative estimate of drug-likeness (QED) is 0.742. The second-order valence-corrected chi connectivity index (χ2v) is 5.79. The van der Waals surface area contributed by atoms with Crippen molar-refractivity contribution in [2.45, 2.75) is 18.9 Å². The molecule has 4 heterocycles. The number of aromatic nitrogens is 4. The van der Waals surface area contributed by atoms with E-state index in [1.807, 2.05) is 18.5 Å². The van der Waals surface area contributed by atoms with Gasteiger partial charge < -0.3 is 15.7 Å². The van der Waals surface area contributed by atoms with E-state index in [9.17, 15) is 5.11 Å². The molecule has 0 aromatic carbocycles. The Bertz CT molecular complexity index is 820. The average Bonchev–Trinajstić information content (AvgIpc) is 3.00. The van der Waals surface area contributed by atoms with Gasteiger partial charge in [0, 0.05) is 24.8 Å². The maximum absolute atomic E-state index is 9.72. The van der Waals surface area contributed by atoms with Gasteiger partial charge in [-0.3, -0.25) is 9.38 Å². The van der Waals surface area contributed by atoms with E-state index >= 15 is 0 Å². The number of imidazole rings is 1. The first kappa shape index (κ1) is 14.0. The summed E-state index contributed by atoms with van der Waals surface area (Å²) in [5.41, 5.74) is 8.38. The fraction of sp³-hybridized carbons (Fsp3) is 0.312. The first-order valence-electron chi connectivity index (χ1n) is 7.69. The van der Waals surface area contributed by atoms with Gasteiger partial charge in [-0.1, -0.05) is 0 Å². The number of aliphatic hydroxyl groups is 1. The van der Waals surface area contributed by atoms with E-state index < -0.39 is 0 Å². The lowest BCUT2D eigenvalue weighted by atomic mass is 10.1. The highest BCUT2D eigenvalue weighted by molar-refractivity contribution is 5.67.